The summed E-state index contributed by atoms with van der Waals surface area (Å²) in [6.07, 6.45) is 5.09. The molecule has 1 saturated heterocycles. The Morgan fingerprint density at radius 1 is 0.895 bits per heavy atom. The zero-order valence-electron chi connectivity index (χ0n) is 21.3. The fourth-order valence-electron chi connectivity index (χ4n) is 6.03. The summed E-state index contributed by atoms with van der Waals surface area (Å²) < 4.78 is 14.9. The Morgan fingerprint density at radius 3 is 2.39 bits per heavy atom. The van der Waals surface area contributed by atoms with Crippen LogP contribution in [0.15, 0.2) is 54.6 Å². The lowest BCUT2D eigenvalue weighted by Crippen LogP contribution is -2.33. The molecule has 3 N–H and O–H groups in total. The summed E-state index contributed by atoms with van der Waals surface area (Å²) in [4.78, 5) is 2.57. The minimum atomic E-state index is -0.298. The molecule has 2 aliphatic rings. The van der Waals surface area contributed by atoms with Crippen molar-refractivity contribution in [2.24, 2.45) is 0 Å². The van der Waals surface area contributed by atoms with Crippen molar-refractivity contribution in [2.75, 3.05) is 13.1 Å². The van der Waals surface area contributed by atoms with Crippen LogP contribution in [-0.4, -0.2) is 54.1 Å². The fraction of sp³-hybridized carbons (Fsp3) is 0.333. The molecule has 0 bridgehead atoms. The molecule has 2 heterocycles. The Balaban J connectivity index is 1.33. The van der Waals surface area contributed by atoms with E-state index in [-0.39, 0.29) is 35.1 Å². The normalized spacial score (nSPS) is 18.1. The van der Waals surface area contributed by atoms with Gasteiger partial charge in [-0.15, -0.1) is 5.10 Å². The summed E-state index contributed by atoms with van der Waals surface area (Å²) in [6.45, 7) is 4.27. The van der Waals surface area contributed by atoms with Crippen molar-refractivity contribution in [3.05, 3.63) is 82.7 Å². The molecular weight excluding hydrogens is 483 g/mol. The van der Waals surface area contributed by atoms with Crippen LogP contribution in [0.2, 0.25) is 0 Å². The molecule has 196 valence electrons. The molecule has 6 rings (SSSR count). The second kappa shape index (κ2) is 9.76. The van der Waals surface area contributed by atoms with Crippen molar-refractivity contribution in [1.29, 1.82) is 0 Å². The number of likely N-dealkylation sites (tertiary alicyclic amines) is 1. The lowest BCUT2D eigenvalue weighted by Gasteiger charge is -2.22. The van der Waals surface area contributed by atoms with Gasteiger partial charge in [-0.3, -0.25) is 4.90 Å². The van der Waals surface area contributed by atoms with Gasteiger partial charge in [0, 0.05) is 12.1 Å². The van der Waals surface area contributed by atoms with E-state index in [1.807, 2.05) is 13.0 Å². The van der Waals surface area contributed by atoms with Gasteiger partial charge in [0.05, 0.1) is 11.3 Å². The van der Waals surface area contributed by atoms with E-state index in [4.69, 9.17) is 0 Å². The molecule has 2 unspecified atom stereocenters. The molecule has 38 heavy (non-hydrogen) atoms. The molecule has 2 atom stereocenters. The molecule has 1 aromatic heterocycles. The van der Waals surface area contributed by atoms with Crippen LogP contribution in [0.5, 0.6) is 17.5 Å². The number of benzene rings is 3. The van der Waals surface area contributed by atoms with Gasteiger partial charge in [0.15, 0.2) is 5.82 Å². The van der Waals surface area contributed by atoms with E-state index in [1.54, 1.807) is 18.2 Å². The van der Waals surface area contributed by atoms with Crippen LogP contribution in [0.4, 0.5) is 4.39 Å². The van der Waals surface area contributed by atoms with E-state index < -0.39 is 0 Å². The van der Waals surface area contributed by atoms with E-state index >= 15 is 0 Å². The van der Waals surface area contributed by atoms with Crippen LogP contribution in [0.3, 0.4) is 0 Å². The maximum atomic E-state index is 13.3. The number of fused-ring (bicyclic) bond motifs is 1. The highest BCUT2D eigenvalue weighted by Crippen LogP contribution is 2.40. The number of hydrogen-bond acceptors (Lipinski definition) is 6. The second-order valence-electron chi connectivity index (χ2n) is 10.6. The lowest BCUT2D eigenvalue weighted by atomic mass is 9.91. The second-order valence-corrected chi connectivity index (χ2v) is 10.6. The van der Waals surface area contributed by atoms with Gasteiger partial charge in [0.1, 0.15) is 17.3 Å². The van der Waals surface area contributed by atoms with Crippen LogP contribution in [-0.2, 0) is 19.3 Å². The van der Waals surface area contributed by atoms with Gasteiger partial charge in [-0.25, -0.2) is 8.96 Å². The van der Waals surface area contributed by atoms with Gasteiger partial charge < -0.3 is 15.3 Å². The fourth-order valence-corrected chi connectivity index (χ4v) is 6.03. The molecule has 4 aromatic rings. The van der Waals surface area contributed by atoms with Crippen LogP contribution < -0.4 is 0 Å². The summed E-state index contributed by atoms with van der Waals surface area (Å²) in [5.41, 5.74) is 5.19. The highest BCUT2D eigenvalue weighted by atomic mass is 19.1. The number of rotatable bonds is 6. The molecule has 1 fully saturated rings. The van der Waals surface area contributed by atoms with Crippen molar-refractivity contribution >= 4 is 0 Å². The quantitative estimate of drug-likeness (QED) is 0.332. The molecule has 1 aliphatic carbocycles. The van der Waals surface area contributed by atoms with Gasteiger partial charge in [-0.05, 0) is 104 Å². The van der Waals surface area contributed by atoms with Crippen LogP contribution in [0.1, 0.15) is 47.9 Å². The van der Waals surface area contributed by atoms with E-state index in [9.17, 15) is 19.7 Å². The summed E-state index contributed by atoms with van der Waals surface area (Å²) in [6, 6.07) is 15.6. The molecule has 3 aromatic carbocycles. The van der Waals surface area contributed by atoms with Gasteiger partial charge in [-0.2, -0.15) is 0 Å². The number of halogens is 1. The highest BCUT2D eigenvalue weighted by Gasteiger charge is 2.29. The van der Waals surface area contributed by atoms with E-state index in [0.29, 0.717) is 23.6 Å². The molecule has 1 aliphatic heterocycles. The van der Waals surface area contributed by atoms with E-state index in [0.717, 1.165) is 37.2 Å². The summed E-state index contributed by atoms with van der Waals surface area (Å²) >= 11 is 0. The molecule has 0 spiro atoms. The molecule has 0 amide bonds. The van der Waals surface area contributed by atoms with Crippen molar-refractivity contribution in [3.63, 3.8) is 0 Å². The number of nitrogens with zero attached hydrogens (tertiary/aromatic N) is 4. The first-order chi connectivity index (χ1) is 18.4. The third-order valence-electron chi connectivity index (χ3n) is 8.03. The molecule has 0 radical (unpaired) electrons. The summed E-state index contributed by atoms with van der Waals surface area (Å²) in [5, 5.41) is 40.2. The standard InChI is InChI=1S/C30H31FN4O3/c1-18(12-19-4-7-22(31)8-5-19)25-16-26(28(37)17-27(25)36)29-32-33-30(38)35(29)23-9-6-20-13-24(15-21(20)14-23)34-10-2-3-11-34/h4-9,14,16-18,24,36-37H,2-3,10-13,15H2,1H3,(H,33,38). The van der Waals surface area contributed by atoms with E-state index in [1.165, 1.54) is 46.7 Å². The van der Waals surface area contributed by atoms with Crippen molar-refractivity contribution in [2.45, 2.75) is 51.0 Å². The van der Waals surface area contributed by atoms with Crippen molar-refractivity contribution in [1.82, 2.24) is 19.7 Å². The zero-order chi connectivity index (χ0) is 26.4. The summed E-state index contributed by atoms with van der Waals surface area (Å²) in [7, 11) is 0. The van der Waals surface area contributed by atoms with E-state index in [2.05, 4.69) is 27.2 Å². The van der Waals surface area contributed by atoms with Crippen molar-refractivity contribution in [3.8, 4) is 34.6 Å². The monoisotopic (exact) mass is 514 g/mol. The number of phenolic OH excluding ortho intramolecular Hbond substituents is 2. The maximum Gasteiger partial charge on any atom is 0.319 e. The molecule has 0 saturated carbocycles. The van der Waals surface area contributed by atoms with Crippen molar-refractivity contribution < 1.29 is 19.7 Å². The Morgan fingerprint density at radius 2 is 1.63 bits per heavy atom. The Hall–Kier alpha value is -3.91. The molecule has 7 nitrogen and oxygen atoms in total. The van der Waals surface area contributed by atoms with Crippen LogP contribution in [0, 0.1) is 5.82 Å². The first-order valence-electron chi connectivity index (χ1n) is 13.2. The predicted octanol–water partition coefficient (Wildman–Crippen LogP) is 5.10. The van der Waals surface area contributed by atoms with Crippen LogP contribution >= 0.6 is 0 Å². The molecular formula is C30H31FN4O3. The minimum absolute atomic E-state index is 0.0402. The first kappa shape index (κ1) is 24.4. The topological polar surface area (TPSA) is 94.6 Å². The zero-order valence-corrected chi connectivity index (χ0v) is 21.3. The average Bonchev–Trinajstić information content (AvgIpc) is 3.64. The smallest absolute Gasteiger partial charge is 0.319 e. The number of aromatic nitrogens is 3. The summed E-state index contributed by atoms with van der Waals surface area (Å²) in [5.74, 6) is -0.351. The minimum Gasteiger partial charge on any atom is -0.508 e. The van der Waals surface area contributed by atoms with Gasteiger partial charge in [0.25, 0.3) is 0 Å². The molecule has 8 heteroatoms. The SMILES string of the molecule is CC(Cc1ccc(F)cc1)c1cc(-c2nnc(O)n2-c2ccc3c(c2)CC(N2CCCC2)C3)c(O)cc1O. The number of phenols is 2. The predicted molar refractivity (Wildman–Crippen MR) is 142 cm³/mol. The maximum absolute atomic E-state index is 13.3. The highest BCUT2D eigenvalue weighted by molar-refractivity contribution is 5.70. The number of aromatic hydroxyl groups is 3. The Labute approximate surface area is 220 Å². The van der Waals surface area contributed by atoms with Gasteiger partial charge in [-0.1, -0.05) is 30.2 Å². The Kier molecular flexibility index (Phi) is 6.27. The lowest BCUT2D eigenvalue weighted by molar-refractivity contribution is 0.250. The van der Waals surface area contributed by atoms with Crippen LogP contribution in [0.25, 0.3) is 17.1 Å². The first-order valence-corrected chi connectivity index (χ1v) is 13.2. The third kappa shape index (κ3) is 4.49. The third-order valence-corrected chi connectivity index (χ3v) is 8.03. The van der Waals surface area contributed by atoms with Gasteiger partial charge in [0.2, 0.25) is 0 Å². The number of hydrogen-bond donors (Lipinski definition) is 3. The average molecular weight is 515 g/mol. The largest absolute Gasteiger partial charge is 0.508 e. The van der Waals surface area contributed by atoms with Gasteiger partial charge >= 0.3 is 6.01 Å². The Bertz CT molecular complexity index is 1480.